The van der Waals surface area contributed by atoms with Crippen LogP contribution in [0.15, 0.2) is 11.6 Å². The highest BCUT2D eigenvalue weighted by Crippen LogP contribution is 2.47. The van der Waals surface area contributed by atoms with E-state index in [0.717, 1.165) is 12.8 Å². The van der Waals surface area contributed by atoms with E-state index in [1.165, 1.54) is 19.3 Å². The zero-order valence-electron chi connectivity index (χ0n) is 8.60. The molecular weight excluding hydrogens is 160 g/mol. The highest BCUT2D eigenvalue weighted by molar-refractivity contribution is 5.82. The van der Waals surface area contributed by atoms with Crippen molar-refractivity contribution < 1.29 is 4.79 Å². The molecule has 1 unspecified atom stereocenters. The second-order valence-corrected chi connectivity index (χ2v) is 5.13. The molecule has 0 aromatic rings. The first-order valence-corrected chi connectivity index (χ1v) is 5.30. The zero-order valence-corrected chi connectivity index (χ0v) is 8.60. The number of hydrogen-bond donors (Lipinski definition) is 0. The largest absolute Gasteiger partial charge is 0.300 e. The molecule has 1 heteroatoms. The van der Waals surface area contributed by atoms with Crippen LogP contribution in [0.4, 0.5) is 0 Å². The summed E-state index contributed by atoms with van der Waals surface area (Å²) in [6.45, 7) is 4.48. The fraction of sp³-hybridized carbons (Fsp3) is 0.750. The van der Waals surface area contributed by atoms with Crippen molar-refractivity contribution in [3.8, 4) is 0 Å². The second kappa shape index (κ2) is 2.97. The number of hydrogen-bond acceptors (Lipinski definition) is 1. The lowest BCUT2D eigenvalue weighted by molar-refractivity contribution is -0.117. The van der Waals surface area contributed by atoms with Crippen molar-refractivity contribution in [1.82, 2.24) is 0 Å². The lowest BCUT2D eigenvalue weighted by atomic mass is 9.77. The fourth-order valence-electron chi connectivity index (χ4n) is 2.85. The first-order chi connectivity index (χ1) is 6.09. The standard InChI is InChI=1S/C12H18O/c1-12(2)8-10(13)7-11(12)9-5-3-4-6-9/h5,11H,3-4,6-8H2,1-2H3. The van der Waals surface area contributed by atoms with Gasteiger partial charge >= 0.3 is 0 Å². The molecule has 2 rings (SSSR count). The molecule has 0 radical (unpaired) electrons. The maximum Gasteiger partial charge on any atom is 0.134 e. The average molecular weight is 178 g/mol. The van der Waals surface area contributed by atoms with Gasteiger partial charge in [0.15, 0.2) is 0 Å². The van der Waals surface area contributed by atoms with Crippen LogP contribution in [0.3, 0.4) is 0 Å². The molecule has 0 N–H and O–H groups in total. The molecule has 1 atom stereocenters. The molecule has 0 aliphatic heterocycles. The predicted molar refractivity (Wildman–Crippen MR) is 53.4 cm³/mol. The number of ketones is 1. The van der Waals surface area contributed by atoms with Gasteiger partial charge in [0, 0.05) is 12.8 Å². The van der Waals surface area contributed by atoms with Crippen LogP contribution in [-0.2, 0) is 4.79 Å². The molecular formula is C12H18O. The number of allylic oxidation sites excluding steroid dienone is 2. The summed E-state index contributed by atoms with van der Waals surface area (Å²) in [6.07, 6.45) is 7.73. The van der Waals surface area contributed by atoms with E-state index in [1.807, 2.05) is 0 Å². The highest BCUT2D eigenvalue weighted by atomic mass is 16.1. The van der Waals surface area contributed by atoms with Crippen LogP contribution in [0.2, 0.25) is 0 Å². The van der Waals surface area contributed by atoms with E-state index in [0.29, 0.717) is 11.7 Å². The van der Waals surface area contributed by atoms with Crippen molar-refractivity contribution in [2.24, 2.45) is 11.3 Å². The average Bonchev–Trinajstić information content (AvgIpc) is 2.56. The summed E-state index contributed by atoms with van der Waals surface area (Å²) in [7, 11) is 0. The second-order valence-electron chi connectivity index (χ2n) is 5.13. The smallest absolute Gasteiger partial charge is 0.134 e. The Morgan fingerprint density at radius 2 is 2.23 bits per heavy atom. The molecule has 0 saturated heterocycles. The number of Topliss-reactive ketones (excluding diaryl/α,β-unsaturated/α-hetero) is 1. The zero-order chi connectivity index (χ0) is 9.47. The molecule has 0 aromatic carbocycles. The van der Waals surface area contributed by atoms with E-state index in [-0.39, 0.29) is 5.41 Å². The molecule has 0 amide bonds. The summed E-state index contributed by atoms with van der Waals surface area (Å²) in [5, 5.41) is 0. The van der Waals surface area contributed by atoms with Crippen LogP contribution in [0, 0.1) is 11.3 Å². The van der Waals surface area contributed by atoms with Gasteiger partial charge in [0.1, 0.15) is 5.78 Å². The third-order valence-electron chi connectivity index (χ3n) is 3.55. The van der Waals surface area contributed by atoms with Gasteiger partial charge in [0.05, 0.1) is 0 Å². The summed E-state index contributed by atoms with van der Waals surface area (Å²) in [5.41, 5.74) is 1.80. The molecule has 0 bridgehead atoms. The highest BCUT2D eigenvalue weighted by Gasteiger charge is 2.41. The van der Waals surface area contributed by atoms with Gasteiger partial charge in [0.2, 0.25) is 0 Å². The summed E-state index contributed by atoms with van der Waals surface area (Å²) in [4.78, 5) is 11.4. The fourth-order valence-corrected chi connectivity index (χ4v) is 2.85. The summed E-state index contributed by atoms with van der Waals surface area (Å²) in [5.74, 6) is 1.02. The number of carbonyl (C=O) groups is 1. The van der Waals surface area contributed by atoms with E-state index >= 15 is 0 Å². The van der Waals surface area contributed by atoms with E-state index in [4.69, 9.17) is 0 Å². The SMILES string of the molecule is CC1(C)CC(=O)CC1C1=CCCC1. The quantitative estimate of drug-likeness (QED) is 0.564. The first kappa shape index (κ1) is 8.98. The number of rotatable bonds is 1. The minimum atomic E-state index is 0.229. The van der Waals surface area contributed by atoms with Crippen LogP contribution in [0.1, 0.15) is 46.0 Å². The van der Waals surface area contributed by atoms with Gasteiger partial charge in [-0.1, -0.05) is 25.5 Å². The van der Waals surface area contributed by atoms with Gasteiger partial charge < -0.3 is 0 Å². The Morgan fingerprint density at radius 3 is 2.69 bits per heavy atom. The minimum absolute atomic E-state index is 0.229. The van der Waals surface area contributed by atoms with E-state index in [9.17, 15) is 4.79 Å². The normalized spacial score (nSPS) is 32.3. The first-order valence-electron chi connectivity index (χ1n) is 5.30. The van der Waals surface area contributed by atoms with E-state index in [2.05, 4.69) is 19.9 Å². The van der Waals surface area contributed by atoms with Crippen LogP contribution in [-0.4, -0.2) is 5.78 Å². The van der Waals surface area contributed by atoms with Gasteiger partial charge in [-0.15, -0.1) is 0 Å². The third kappa shape index (κ3) is 1.56. The molecule has 13 heavy (non-hydrogen) atoms. The molecule has 1 fully saturated rings. The van der Waals surface area contributed by atoms with Gasteiger partial charge in [-0.25, -0.2) is 0 Å². The van der Waals surface area contributed by atoms with Crippen molar-refractivity contribution >= 4 is 5.78 Å². The molecule has 2 aliphatic rings. The molecule has 2 aliphatic carbocycles. The van der Waals surface area contributed by atoms with E-state index < -0.39 is 0 Å². The Balaban J connectivity index is 2.18. The maximum atomic E-state index is 11.4. The lowest BCUT2D eigenvalue weighted by Crippen LogP contribution is -2.18. The number of carbonyl (C=O) groups excluding carboxylic acids is 1. The monoisotopic (exact) mass is 178 g/mol. The summed E-state index contributed by atoms with van der Waals surface area (Å²) >= 11 is 0. The molecule has 0 heterocycles. The lowest BCUT2D eigenvalue weighted by Gasteiger charge is -2.27. The Morgan fingerprint density at radius 1 is 1.46 bits per heavy atom. The van der Waals surface area contributed by atoms with Crippen molar-refractivity contribution in [2.75, 3.05) is 0 Å². The van der Waals surface area contributed by atoms with Crippen molar-refractivity contribution in [3.05, 3.63) is 11.6 Å². The van der Waals surface area contributed by atoms with Crippen LogP contribution < -0.4 is 0 Å². The topological polar surface area (TPSA) is 17.1 Å². The van der Waals surface area contributed by atoms with Crippen molar-refractivity contribution in [2.45, 2.75) is 46.0 Å². The van der Waals surface area contributed by atoms with E-state index in [1.54, 1.807) is 5.57 Å². The van der Waals surface area contributed by atoms with Crippen LogP contribution >= 0.6 is 0 Å². The molecule has 1 saturated carbocycles. The van der Waals surface area contributed by atoms with Crippen LogP contribution in [0.5, 0.6) is 0 Å². The van der Waals surface area contributed by atoms with Gasteiger partial charge in [-0.3, -0.25) is 4.79 Å². The predicted octanol–water partition coefficient (Wildman–Crippen LogP) is 3.10. The molecule has 0 spiro atoms. The Hall–Kier alpha value is -0.590. The maximum absolute atomic E-state index is 11.4. The summed E-state index contributed by atoms with van der Waals surface area (Å²) < 4.78 is 0. The van der Waals surface area contributed by atoms with Crippen molar-refractivity contribution in [1.29, 1.82) is 0 Å². The Bertz CT molecular complexity index is 260. The third-order valence-corrected chi connectivity index (χ3v) is 3.55. The Kier molecular flexibility index (Phi) is 2.05. The molecule has 0 aromatic heterocycles. The van der Waals surface area contributed by atoms with Crippen LogP contribution in [0.25, 0.3) is 0 Å². The molecule has 1 nitrogen and oxygen atoms in total. The molecule has 72 valence electrons. The Labute approximate surface area is 80.2 Å². The van der Waals surface area contributed by atoms with Gasteiger partial charge in [-0.05, 0) is 30.6 Å². The van der Waals surface area contributed by atoms with Gasteiger partial charge in [-0.2, -0.15) is 0 Å². The minimum Gasteiger partial charge on any atom is -0.300 e. The summed E-state index contributed by atoms with van der Waals surface area (Å²) in [6, 6.07) is 0. The van der Waals surface area contributed by atoms with Crippen molar-refractivity contribution in [3.63, 3.8) is 0 Å². The van der Waals surface area contributed by atoms with Gasteiger partial charge in [0.25, 0.3) is 0 Å².